The Hall–Kier alpha value is -1.28. The van der Waals surface area contributed by atoms with Crippen LogP contribution in [0.4, 0.5) is 5.69 Å². The Labute approximate surface area is 118 Å². The Kier molecular flexibility index (Phi) is 5.03. The zero-order valence-corrected chi connectivity index (χ0v) is 11.8. The summed E-state index contributed by atoms with van der Waals surface area (Å²) in [5.41, 5.74) is 1.31. The van der Waals surface area contributed by atoms with Crippen LogP contribution in [0, 0.1) is 11.3 Å². The predicted molar refractivity (Wildman–Crippen MR) is 76.5 cm³/mol. The zero-order chi connectivity index (χ0) is 13.7. The first-order valence-corrected chi connectivity index (χ1v) is 6.83. The van der Waals surface area contributed by atoms with E-state index < -0.39 is 0 Å². The summed E-state index contributed by atoms with van der Waals surface area (Å²) in [4.78, 5) is 2.36. The topological polar surface area (TPSA) is 48.3 Å². The van der Waals surface area contributed by atoms with Crippen LogP contribution in [0.1, 0.15) is 12.5 Å². The Balaban J connectivity index is 1.97. The molecule has 1 aromatic rings. The van der Waals surface area contributed by atoms with Gasteiger partial charge < -0.3 is 10.1 Å². The van der Waals surface area contributed by atoms with Crippen molar-refractivity contribution in [2.24, 2.45) is 0 Å². The van der Waals surface area contributed by atoms with Gasteiger partial charge in [-0.25, -0.2) is 0 Å². The zero-order valence-electron chi connectivity index (χ0n) is 11.0. The monoisotopic (exact) mass is 279 g/mol. The molecular weight excluding hydrogens is 262 g/mol. The first-order valence-electron chi connectivity index (χ1n) is 6.46. The van der Waals surface area contributed by atoms with Crippen molar-refractivity contribution in [2.45, 2.75) is 13.0 Å². The molecule has 102 valence electrons. The molecule has 0 bridgehead atoms. The number of nitrogens with zero attached hydrogens (tertiary/aromatic N) is 2. The standard InChI is InChI=1S/C14H18ClN3O/c1-11(10-18-5-7-19-8-6-18)17-14-4-2-3-13(15)12(14)9-16/h2-4,11,17H,5-8,10H2,1H3. The molecule has 2 rings (SSSR count). The molecule has 0 spiro atoms. The fourth-order valence-electron chi connectivity index (χ4n) is 2.24. The summed E-state index contributed by atoms with van der Waals surface area (Å²) in [6.45, 7) is 6.57. The quantitative estimate of drug-likeness (QED) is 0.919. The Bertz CT molecular complexity index is 466. The molecule has 1 atom stereocenters. The molecule has 1 N–H and O–H groups in total. The van der Waals surface area contributed by atoms with Gasteiger partial charge in [0.15, 0.2) is 0 Å². The lowest BCUT2D eigenvalue weighted by atomic mass is 10.1. The number of benzene rings is 1. The van der Waals surface area contributed by atoms with E-state index in [1.54, 1.807) is 6.07 Å². The molecule has 4 nitrogen and oxygen atoms in total. The lowest BCUT2D eigenvalue weighted by Gasteiger charge is -2.29. The molecule has 0 saturated carbocycles. The summed E-state index contributed by atoms with van der Waals surface area (Å²) in [6, 6.07) is 7.88. The molecule has 1 aliphatic heterocycles. The third-order valence-electron chi connectivity index (χ3n) is 3.16. The maximum atomic E-state index is 9.13. The molecule has 1 unspecified atom stereocenters. The third-order valence-corrected chi connectivity index (χ3v) is 3.48. The van der Waals surface area contributed by atoms with Crippen LogP contribution >= 0.6 is 11.6 Å². The van der Waals surface area contributed by atoms with E-state index in [4.69, 9.17) is 21.6 Å². The highest BCUT2D eigenvalue weighted by Gasteiger charge is 2.15. The van der Waals surface area contributed by atoms with Gasteiger partial charge in [-0.2, -0.15) is 5.26 Å². The van der Waals surface area contributed by atoms with Crippen LogP contribution in [0.15, 0.2) is 18.2 Å². The average Bonchev–Trinajstić information content (AvgIpc) is 2.40. The number of ether oxygens (including phenoxy) is 1. The second kappa shape index (κ2) is 6.76. The lowest BCUT2D eigenvalue weighted by Crippen LogP contribution is -2.42. The molecule has 0 amide bonds. The lowest BCUT2D eigenvalue weighted by molar-refractivity contribution is 0.0368. The molecule has 1 fully saturated rings. The van der Waals surface area contributed by atoms with Crippen LogP contribution < -0.4 is 5.32 Å². The summed E-state index contributed by atoms with van der Waals surface area (Å²) in [5.74, 6) is 0. The van der Waals surface area contributed by atoms with Gasteiger partial charge in [-0.15, -0.1) is 0 Å². The largest absolute Gasteiger partial charge is 0.380 e. The second-order valence-electron chi connectivity index (χ2n) is 4.73. The fourth-order valence-corrected chi connectivity index (χ4v) is 2.46. The van der Waals surface area contributed by atoms with Gasteiger partial charge >= 0.3 is 0 Å². The van der Waals surface area contributed by atoms with Crippen molar-refractivity contribution in [3.05, 3.63) is 28.8 Å². The van der Waals surface area contributed by atoms with E-state index in [0.29, 0.717) is 10.6 Å². The summed E-state index contributed by atoms with van der Waals surface area (Å²) in [5, 5.41) is 13.0. The molecule has 0 aliphatic carbocycles. The Morgan fingerprint density at radius 1 is 1.47 bits per heavy atom. The van der Waals surface area contributed by atoms with Crippen LogP contribution in [0.5, 0.6) is 0 Å². The first-order chi connectivity index (χ1) is 9.20. The van der Waals surface area contributed by atoms with Crippen molar-refractivity contribution in [1.82, 2.24) is 4.90 Å². The van der Waals surface area contributed by atoms with E-state index in [1.807, 2.05) is 12.1 Å². The van der Waals surface area contributed by atoms with Gasteiger partial charge in [0.2, 0.25) is 0 Å². The number of rotatable bonds is 4. The summed E-state index contributed by atoms with van der Waals surface area (Å²) < 4.78 is 5.33. The molecule has 1 saturated heterocycles. The van der Waals surface area contributed by atoms with Crippen LogP contribution in [-0.4, -0.2) is 43.8 Å². The minimum atomic E-state index is 0.253. The van der Waals surface area contributed by atoms with Gasteiger partial charge in [0.1, 0.15) is 6.07 Å². The van der Waals surface area contributed by atoms with E-state index >= 15 is 0 Å². The molecule has 19 heavy (non-hydrogen) atoms. The van der Waals surface area contributed by atoms with Crippen molar-refractivity contribution in [1.29, 1.82) is 5.26 Å². The van der Waals surface area contributed by atoms with E-state index in [-0.39, 0.29) is 6.04 Å². The van der Waals surface area contributed by atoms with Gasteiger partial charge in [0.25, 0.3) is 0 Å². The van der Waals surface area contributed by atoms with Crippen molar-refractivity contribution in [2.75, 3.05) is 38.2 Å². The van der Waals surface area contributed by atoms with Crippen molar-refractivity contribution in [3.63, 3.8) is 0 Å². The van der Waals surface area contributed by atoms with Crippen LogP contribution in [0.25, 0.3) is 0 Å². The highest BCUT2D eigenvalue weighted by molar-refractivity contribution is 6.32. The van der Waals surface area contributed by atoms with Gasteiger partial charge in [-0.05, 0) is 19.1 Å². The molecule has 1 heterocycles. The maximum Gasteiger partial charge on any atom is 0.103 e. The van der Waals surface area contributed by atoms with Crippen molar-refractivity contribution in [3.8, 4) is 6.07 Å². The number of hydrogen-bond acceptors (Lipinski definition) is 4. The first kappa shape index (κ1) is 14.1. The fraction of sp³-hybridized carbons (Fsp3) is 0.500. The summed E-state index contributed by atoms with van der Waals surface area (Å²) in [7, 11) is 0. The number of morpholine rings is 1. The highest BCUT2D eigenvalue weighted by Crippen LogP contribution is 2.23. The van der Waals surface area contributed by atoms with Crippen molar-refractivity contribution < 1.29 is 4.74 Å². The third kappa shape index (κ3) is 3.84. The van der Waals surface area contributed by atoms with Gasteiger partial charge in [0, 0.05) is 25.7 Å². The predicted octanol–water partition coefficient (Wildman–Crippen LogP) is 2.34. The van der Waals surface area contributed by atoms with E-state index in [9.17, 15) is 0 Å². The Morgan fingerprint density at radius 3 is 2.89 bits per heavy atom. The minimum absolute atomic E-state index is 0.253. The molecule has 1 aromatic carbocycles. The summed E-state index contributed by atoms with van der Waals surface area (Å²) >= 11 is 6.02. The smallest absolute Gasteiger partial charge is 0.103 e. The molecule has 0 aromatic heterocycles. The van der Waals surface area contributed by atoms with E-state index in [2.05, 4.69) is 23.2 Å². The normalized spacial score (nSPS) is 17.7. The number of hydrogen-bond donors (Lipinski definition) is 1. The number of anilines is 1. The molecule has 0 radical (unpaired) electrons. The van der Waals surface area contributed by atoms with Crippen LogP contribution in [0.2, 0.25) is 5.02 Å². The van der Waals surface area contributed by atoms with E-state index in [0.717, 1.165) is 38.5 Å². The summed E-state index contributed by atoms with van der Waals surface area (Å²) in [6.07, 6.45) is 0. The minimum Gasteiger partial charge on any atom is -0.380 e. The number of nitriles is 1. The van der Waals surface area contributed by atoms with Crippen LogP contribution in [0.3, 0.4) is 0 Å². The Morgan fingerprint density at radius 2 is 2.21 bits per heavy atom. The molecule has 1 aliphatic rings. The van der Waals surface area contributed by atoms with Gasteiger partial charge in [0.05, 0.1) is 29.5 Å². The highest BCUT2D eigenvalue weighted by atomic mass is 35.5. The number of nitrogens with one attached hydrogen (secondary N) is 1. The molecule has 5 heteroatoms. The van der Waals surface area contributed by atoms with Crippen molar-refractivity contribution >= 4 is 17.3 Å². The molecular formula is C14H18ClN3O. The second-order valence-corrected chi connectivity index (χ2v) is 5.14. The average molecular weight is 280 g/mol. The van der Waals surface area contributed by atoms with Gasteiger partial charge in [-0.1, -0.05) is 17.7 Å². The van der Waals surface area contributed by atoms with Crippen LogP contribution in [-0.2, 0) is 4.74 Å². The van der Waals surface area contributed by atoms with E-state index in [1.165, 1.54) is 0 Å². The number of halogens is 1. The van der Waals surface area contributed by atoms with Gasteiger partial charge in [-0.3, -0.25) is 4.90 Å². The maximum absolute atomic E-state index is 9.13. The SMILES string of the molecule is CC(CN1CCOCC1)Nc1cccc(Cl)c1C#N.